The number of benzene rings is 6. The number of imidazole rings is 3. The maximum atomic E-state index is 14.0. The zero-order valence-electron chi connectivity index (χ0n) is 47.7. The molecular formula is C66H48Cl3F3N18. The summed E-state index contributed by atoms with van der Waals surface area (Å²) in [6.07, 6.45) is 9.10. The van der Waals surface area contributed by atoms with E-state index in [9.17, 15) is 13.2 Å². The SMILES string of the molecule is CC(Nc1ncnc2nc[nH]c12)c1cc2c(Cl)cccc2nc1-c1cccc(F)c1.C[C@@H](Nc1ncnc2nc[nH]c12)c1cc2c(Cl)cccc2nc1-c1cccc(F)c1.C[C@H](Nc1ncnc2nc[nH]c12)c1cc2c(Cl)cccc2nc1-c1cccc(F)c1. The zero-order chi connectivity index (χ0) is 62.0. The lowest BCUT2D eigenvalue weighted by Crippen LogP contribution is -2.11. The number of nitrogens with one attached hydrogen (secondary N) is 6. The fourth-order valence-corrected chi connectivity index (χ4v) is 11.3. The molecule has 3 atom stereocenters. The summed E-state index contributed by atoms with van der Waals surface area (Å²) in [5.41, 5.74) is 12.8. The second-order valence-corrected chi connectivity index (χ2v) is 22.0. The number of aromatic nitrogens is 15. The van der Waals surface area contributed by atoms with Gasteiger partial charge >= 0.3 is 0 Å². The highest BCUT2D eigenvalue weighted by Crippen LogP contribution is 2.38. The van der Waals surface area contributed by atoms with Crippen molar-refractivity contribution in [1.29, 1.82) is 0 Å². The summed E-state index contributed by atoms with van der Waals surface area (Å²) in [6.45, 7) is 5.98. The molecule has 15 rings (SSSR count). The molecule has 0 amide bonds. The lowest BCUT2D eigenvalue weighted by molar-refractivity contribution is 0.628. The summed E-state index contributed by atoms with van der Waals surface area (Å²) < 4.78 is 41.9. The molecule has 0 saturated heterocycles. The number of aromatic amines is 3. The third-order valence-electron chi connectivity index (χ3n) is 14.9. The molecule has 0 spiro atoms. The molecule has 9 aromatic heterocycles. The maximum Gasteiger partial charge on any atom is 0.182 e. The van der Waals surface area contributed by atoms with Gasteiger partial charge in [-0.05, 0) is 112 Å². The monoisotopic (exact) mass is 1250 g/mol. The van der Waals surface area contributed by atoms with Crippen molar-refractivity contribution in [2.24, 2.45) is 0 Å². The minimum absolute atomic E-state index is 0.210. The van der Waals surface area contributed by atoms with Crippen molar-refractivity contribution in [2.75, 3.05) is 16.0 Å². The van der Waals surface area contributed by atoms with Crippen molar-refractivity contribution in [3.63, 3.8) is 0 Å². The van der Waals surface area contributed by atoms with Crippen molar-refractivity contribution in [3.8, 4) is 33.8 Å². The Morgan fingerprint density at radius 1 is 0.356 bits per heavy atom. The van der Waals surface area contributed by atoms with E-state index in [0.717, 1.165) is 49.4 Å². The van der Waals surface area contributed by atoms with Crippen LogP contribution < -0.4 is 16.0 Å². The minimum Gasteiger partial charge on any atom is -0.362 e. The molecule has 90 heavy (non-hydrogen) atoms. The van der Waals surface area contributed by atoms with Gasteiger partial charge in [0.1, 0.15) is 53.0 Å². The van der Waals surface area contributed by atoms with Crippen molar-refractivity contribution in [1.82, 2.24) is 74.8 Å². The van der Waals surface area contributed by atoms with Crippen LogP contribution in [0.3, 0.4) is 0 Å². The lowest BCUT2D eigenvalue weighted by atomic mass is 9.98. The van der Waals surface area contributed by atoms with E-state index in [-0.39, 0.29) is 35.6 Å². The van der Waals surface area contributed by atoms with Gasteiger partial charge in [0.2, 0.25) is 0 Å². The molecule has 0 aliphatic carbocycles. The van der Waals surface area contributed by atoms with Gasteiger partial charge in [-0.15, -0.1) is 0 Å². The van der Waals surface area contributed by atoms with Gasteiger partial charge in [-0.3, -0.25) is 0 Å². The normalized spacial score (nSPS) is 12.4. The Kier molecular flexibility index (Phi) is 16.3. The minimum atomic E-state index is -0.318. The molecule has 24 heteroatoms. The Labute approximate surface area is 524 Å². The molecule has 0 aliphatic rings. The molecule has 6 aromatic carbocycles. The first-order valence-electron chi connectivity index (χ1n) is 28.1. The second-order valence-electron chi connectivity index (χ2n) is 20.8. The van der Waals surface area contributed by atoms with E-state index in [0.29, 0.717) is 99.8 Å². The van der Waals surface area contributed by atoms with Gasteiger partial charge in [-0.2, -0.15) is 0 Å². The smallest absolute Gasteiger partial charge is 0.182 e. The van der Waals surface area contributed by atoms with E-state index in [2.05, 4.69) is 75.8 Å². The van der Waals surface area contributed by atoms with E-state index < -0.39 is 0 Å². The average Bonchev–Trinajstić information content (AvgIpc) is 1.09. The van der Waals surface area contributed by atoms with Crippen LogP contribution in [0.2, 0.25) is 15.1 Å². The van der Waals surface area contributed by atoms with Crippen LogP contribution in [0.1, 0.15) is 55.6 Å². The summed E-state index contributed by atoms with van der Waals surface area (Å²) in [4.78, 5) is 61.6. The van der Waals surface area contributed by atoms with Crippen LogP contribution in [0.15, 0.2) is 184 Å². The highest BCUT2D eigenvalue weighted by Gasteiger charge is 2.23. The number of anilines is 3. The van der Waals surface area contributed by atoms with Gasteiger partial charge in [-0.1, -0.05) is 89.4 Å². The van der Waals surface area contributed by atoms with Crippen LogP contribution >= 0.6 is 34.8 Å². The topological polar surface area (TPSA) is 238 Å². The highest BCUT2D eigenvalue weighted by atomic mass is 35.5. The number of hydrogen-bond donors (Lipinski definition) is 6. The van der Waals surface area contributed by atoms with Crippen molar-refractivity contribution >= 4 is 118 Å². The van der Waals surface area contributed by atoms with Crippen LogP contribution in [0, 0.1) is 17.5 Å². The fraction of sp³-hybridized carbons (Fsp3) is 0.0909. The molecule has 9 heterocycles. The quantitative estimate of drug-likeness (QED) is 0.0667. The highest BCUT2D eigenvalue weighted by molar-refractivity contribution is 6.36. The van der Waals surface area contributed by atoms with Crippen LogP contribution in [-0.2, 0) is 0 Å². The third-order valence-corrected chi connectivity index (χ3v) is 15.9. The molecule has 0 aliphatic heterocycles. The number of hydrogen-bond acceptors (Lipinski definition) is 15. The average molecular weight is 1260 g/mol. The molecule has 0 saturated carbocycles. The van der Waals surface area contributed by atoms with E-state index in [1.807, 2.05) is 112 Å². The first-order chi connectivity index (χ1) is 43.8. The van der Waals surface area contributed by atoms with Crippen LogP contribution in [0.25, 0.3) is 100.0 Å². The van der Waals surface area contributed by atoms with Gasteiger partial charge in [0.25, 0.3) is 0 Å². The molecule has 444 valence electrons. The van der Waals surface area contributed by atoms with Crippen LogP contribution in [0.5, 0.6) is 0 Å². The Hall–Kier alpha value is -10.7. The molecular weight excluding hydrogens is 1210 g/mol. The Bertz CT molecular complexity index is 4650. The Morgan fingerprint density at radius 2 is 0.644 bits per heavy atom. The summed E-state index contributed by atoms with van der Waals surface area (Å²) in [5.74, 6) is 0.907. The van der Waals surface area contributed by atoms with Gasteiger partial charge in [0.15, 0.2) is 34.4 Å². The van der Waals surface area contributed by atoms with Gasteiger partial charge in [0.05, 0.1) is 70.7 Å². The summed E-state index contributed by atoms with van der Waals surface area (Å²) in [5, 5.41) is 14.5. The number of rotatable bonds is 12. The Morgan fingerprint density at radius 3 is 0.933 bits per heavy atom. The fourth-order valence-electron chi connectivity index (χ4n) is 10.6. The van der Waals surface area contributed by atoms with Gasteiger partial charge < -0.3 is 30.9 Å². The third kappa shape index (κ3) is 12.0. The number of nitrogens with zero attached hydrogens (tertiary/aromatic N) is 12. The first-order valence-corrected chi connectivity index (χ1v) is 29.2. The number of halogens is 6. The zero-order valence-corrected chi connectivity index (χ0v) is 50.0. The summed E-state index contributed by atoms with van der Waals surface area (Å²) in [6, 6.07) is 41.3. The first kappa shape index (κ1) is 58.3. The Balaban J connectivity index is 0.000000124. The molecule has 15 aromatic rings. The molecule has 0 bridgehead atoms. The summed E-state index contributed by atoms with van der Waals surface area (Å²) in [7, 11) is 0. The van der Waals surface area contributed by atoms with E-state index in [4.69, 9.17) is 49.8 Å². The van der Waals surface area contributed by atoms with E-state index >= 15 is 0 Å². The number of fused-ring (bicyclic) bond motifs is 6. The van der Waals surface area contributed by atoms with E-state index in [1.165, 1.54) is 55.4 Å². The van der Waals surface area contributed by atoms with E-state index in [1.54, 1.807) is 37.2 Å². The molecule has 18 nitrogen and oxygen atoms in total. The van der Waals surface area contributed by atoms with Crippen LogP contribution in [-0.4, -0.2) is 74.8 Å². The predicted octanol–water partition coefficient (Wildman–Crippen LogP) is 16.6. The van der Waals surface area contributed by atoms with Crippen molar-refractivity contribution < 1.29 is 13.2 Å². The standard InChI is InChI=1S/3C22H16ClFN6/c3*1-12(29-22-20-21(26-10-25-20)27-11-28-22)15-9-16-17(23)6-3-7-18(16)30-19(15)13-4-2-5-14(24)8-13/h3*2-12H,1H3,(H2,25,26,27,28,29)/t2*12-;/m10./s1. The summed E-state index contributed by atoms with van der Waals surface area (Å²) >= 11 is 19.3. The molecule has 6 N–H and O–H groups in total. The molecule has 0 fully saturated rings. The van der Waals surface area contributed by atoms with Crippen molar-refractivity contribution in [3.05, 3.63) is 233 Å². The van der Waals surface area contributed by atoms with Gasteiger partial charge in [0, 0.05) is 64.6 Å². The van der Waals surface area contributed by atoms with Gasteiger partial charge in [-0.25, -0.2) is 73.0 Å². The van der Waals surface area contributed by atoms with Crippen molar-refractivity contribution in [2.45, 2.75) is 38.9 Å². The molecule has 0 radical (unpaired) electrons. The van der Waals surface area contributed by atoms with Crippen LogP contribution in [0.4, 0.5) is 30.6 Å². The number of pyridine rings is 3. The molecule has 1 unspecified atom stereocenters. The lowest BCUT2D eigenvalue weighted by Gasteiger charge is -2.19. The maximum absolute atomic E-state index is 14.0. The second kappa shape index (κ2) is 25.2. The number of H-pyrrole nitrogens is 3. The predicted molar refractivity (Wildman–Crippen MR) is 348 cm³/mol. The largest absolute Gasteiger partial charge is 0.362 e.